The molecule has 0 spiro atoms. The average molecular weight is 369 g/mol. The van der Waals surface area contributed by atoms with Crippen molar-refractivity contribution in [3.05, 3.63) is 46.4 Å². The second-order valence-electron chi connectivity index (χ2n) is 4.23. The number of hydrogen-bond donors (Lipinski definition) is 1. The first kappa shape index (κ1) is 17.4. The molecule has 1 N–H and O–H groups in total. The highest BCUT2D eigenvalue weighted by molar-refractivity contribution is 7.11. The second-order valence-corrected chi connectivity index (χ2v) is 5.44. The highest BCUT2D eigenvalue weighted by Gasteiger charge is 2.13. The molecule has 0 aliphatic heterocycles. The lowest BCUT2D eigenvalue weighted by molar-refractivity contribution is -0.741. The Morgan fingerprint density at radius 3 is 2.81 bits per heavy atom. The maximum atomic E-state index is 9.62. The standard InChI is InChI=1S/C15H16N2O2S.BrH/c1-4-7-17-15(20-11(2)16-17)6-5-12-8-13(18)10-14(9-12)19-3;/h4-6,8-10H,1,7H2,2-3H3;1H. The quantitative estimate of drug-likeness (QED) is 0.587. The third-order valence-corrected chi connectivity index (χ3v) is 3.57. The van der Waals surface area contributed by atoms with Crippen molar-refractivity contribution >= 4 is 23.5 Å². The number of allylic oxidation sites excluding steroid dienone is 1. The Labute approximate surface area is 138 Å². The Morgan fingerprint density at radius 1 is 1.38 bits per heavy atom. The highest BCUT2D eigenvalue weighted by Crippen LogP contribution is 2.23. The van der Waals surface area contributed by atoms with Crippen LogP contribution < -0.4 is 26.4 Å². The molecule has 0 radical (unpaired) electrons. The van der Waals surface area contributed by atoms with Crippen molar-refractivity contribution < 1.29 is 31.5 Å². The molecule has 0 aliphatic rings. The van der Waals surface area contributed by atoms with Crippen LogP contribution in [-0.4, -0.2) is 17.3 Å². The SMILES string of the molecule is C=CC[n+]1nc(C)sc1C=Cc1cc(O)cc(OC)c1.[Br-]. The maximum absolute atomic E-state index is 9.62. The number of methoxy groups -OCH3 is 1. The van der Waals surface area contributed by atoms with Gasteiger partial charge in [-0.1, -0.05) is 11.3 Å². The Bertz CT molecular complexity index is 653. The minimum Gasteiger partial charge on any atom is -1.00 e. The maximum Gasteiger partial charge on any atom is 0.289 e. The van der Waals surface area contributed by atoms with Crippen LogP contribution in [0.15, 0.2) is 30.9 Å². The molecule has 0 amide bonds. The van der Waals surface area contributed by atoms with E-state index in [-0.39, 0.29) is 22.7 Å². The van der Waals surface area contributed by atoms with E-state index in [1.807, 2.05) is 35.9 Å². The van der Waals surface area contributed by atoms with E-state index in [9.17, 15) is 5.11 Å². The van der Waals surface area contributed by atoms with Gasteiger partial charge in [0, 0.05) is 17.2 Å². The molecule has 1 aromatic heterocycles. The Hall–Kier alpha value is -1.66. The van der Waals surface area contributed by atoms with E-state index in [2.05, 4.69) is 11.7 Å². The van der Waals surface area contributed by atoms with E-state index in [0.717, 1.165) is 15.6 Å². The number of phenols is 1. The number of halogens is 1. The van der Waals surface area contributed by atoms with Crippen molar-refractivity contribution in [2.45, 2.75) is 13.5 Å². The number of benzene rings is 1. The number of phenolic OH excluding ortho intramolecular Hbond substituents is 1. The molecule has 1 aromatic carbocycles. The van der Waals surface area contributed by atoms with E-state index in [4.69, 9.17) is 4.74 Å². The van der Waals surface area contributed by atoms with E-state index in [0.29, 0.717) is 12.3 Å². The van der Waals surface area contributed by atoms with Gasteiger partial charge in [0.25, 0.3) is 5.01 Å². The van der Waals surface area contributed by atoms with Gasteiger partial charge >= 0.3 is 0 Å². The summed E-state index contributed by atoms with van der Waals surface area (Å²) >= 11 is 1.61. The number of aryl methyl sites for hydroxylation is 1. The first-order chi connectivity index (χ1) is 9.62. The molecule has 2 aromatic rings. The lowest BCUT2D eigenvalue weighted by Gasteiger charge is -2.01. The minimum absolute atomic E-state index is 0. The minimum atomic E-state index is 0. The van der Waals surface area contributed by atoms with Crippen molar-refractivity contribution in [3.63, 3.8) is 0 Å². The molecule has 0 atom stereocenters. The zero-order valence-corrected chi connectivity index (χ0v) is 14.3. The van der Waals surface area contributed by atoms with Gasteiger partial charge in [0.15, 0.2) is 11.6 Å². The molecule has 0 saturated carbocycles. The summed E-state index contributed by atoms with van der Waals surface area (Å²) in [5.41, 5.74) is 0.873. The molecular formula is C15H17BrN2O2S. The van der Waals surface area contributed by atoms with Crippen molar-refractivity contribution in [1.29, 1.82) is 0 Å². The zero-order valence-electron chi connectivity index (χ0n) is 11.9. The van der Waals surface area contributed by atoms with Gasteiger partial charge in [-0.25, -0.2) is 0 Å². The van der Waals surface area contributed by atoms with Gasteiger partial charge in [-0.05, 0) is 48.1 Å². The van der Waals surface area contributed by atoms with Gasteiger partial charge in [-0.15, -0.1) is 0 Å². The second kappa shape index (κ2) is 7.95. The average Bonchev–Trinajstić information content (AvgIpc) is 2.76. The molecule has 0 aliphatic carbocycles. The predicted octanol–water partition coefficient (Wildman–Crippen LogP) is -0.186. The normalized spacial score (nSPS) is 10.4. The lowest BCUT2D eigenvalue weighted by Crippen LogP contribution is -3.00. The first-order valence-corrected chi connectivity index (χ1v) is 6.98. The fraction of sp³-hybridized carbons (Fsp3) is 0.200. The number of rotatable bonds is 5. The topological polar surface area (TPSA) is 46.2 Å². The molecule has 6 heteroatoms. The number of aromatic hydroxyl groups is 1. The summed E-state index contributed by atoms with van der Waals surface area (Å²) in [6.07, 6.45) is 5.71. The molecule has 0 bridgehead atoms. The summed E-state index contributed by atoms with van der Waals surface area (Å²) < 4.78 is 7.02. The molecule has 1 heterocycles. The smallest absolute Gasteiger partial charge is 0.289 e. The van der Waals surface area contributed by atoms with Gasteiger partial charge in [-0.2, -0.15) is 0 Å². The van der Waals surface area contributed by atoms with Crippen LogP contribution in [0.1, 0.15) is 15.6 Å². The van der Waals surface area contributed by atoms with Crippen LogP contribution in [0.4, 0.5) is 0 Å². The molecule has 2 rings (SSSR count). The van der Waals surface area contributed by atoms with Gasteiger partial charge in [0.1, 0.15) is 11.5 Å². The van der Waals surface area contributed by atoms with Gasteiger partial charge in [0.2, 0.25) is 0 Å². The summed E-state index contributed by atoms with van der Waals surface area (Å²) in [5, 5.41) is 16.1. The van der Waals surface area contributed by atoms with Crippen LogP contribution in [0, 0.1) is 6.92 Å². The summed E-state index contributed by atoms with van der Waals surface area (Å²) in [5.74, 6) is 0.813. The predicted molar refractivity (Wildman–Crippen MR) is 80.8 cm³/mol. The molecule has 21 heavy (non-hydrogen) atoms. The van der Waals surface area contributed by atoms with Crippen molar-refractivity contribution in [1.82, 2.24) is 5.10 Å². The number of hydrogen-bond acceptors (Lipinski definition) is 4. The summed E-state index contributed by atoms with van der Waals surface area (Å²) in [6, 6.07) is 5.12. The van der Waals surface area contributed by atoms with Crippen LogP contribution in [-0.2, 0) is 6.54 Å². The molecule has 0 fully saturated rings. The van der Waals surface area contributed by atoms with Crippen LogP contribution in [0.2, 0.25) is 0 Å². The lowest BCUT2D eigenvalue weighted by atomic mass is 10.2. The van der Waals surface area contributed by atoms with Crippen LogP contribution in [0.5, 0.6) is 11.5 Å². The fourth-order valence-electron chi connectivity index (χ4n) is 1.80. The molecule has 0 unspecified atom stereocenters. The number of aromatic nitrogens is 2. The number of nitrogens with zero attached hydrogens (tertiary/aromatic N) is 2. The third-order valence-electron chi connectivity index (χ3n) is 2.64. The monoisotopic (exact) mass is 368 g/mol. The Kier molecular flexibility index (Phi) is 6.58. The zero-order chi connectivity index (χ0) is 14.5. The highest BCUT2D eigenvalue weighted by atomic mass is 79.9. The third kappa shape index (κ3) is 4.68. The van der Waals surface area contributed by atoms with E-state index in [1.165, 1.54) is 0 Å². The van der Waals surface area contributed by atoms with Crippen molar-refractivity contribution in [2.24, 2.45) is 0 Å². The summed E-state index contributed by atoms with van der Waals surface area (Å²) in [4.78, 5) is 0. The van der Waals surface area contributed by atoms with E-state index >= 15 is 0 Å². The first-order valence-electron chi connectivity index (χ1n) is 6.17. The van der Waals surface area contributed by atoms with E-state index in [1.54, 1.807) is 30.6 Å². The summed E-state index contributed by atoms with van der Waals surface area (Å²) in [7, 11) is 1.58. The van der Waals surface area contributed by atoms with Crippen LogP contribution in [0.3, 0.4) is 0 Å². The molecule has 112 valence electrons. The summed E-state index contributed by atoms with van der Waals surface area (Å²) in [6.45, 7) is 6.37. The Balaban J connectivity index is 0.00000220. The number of ether oxygens (including phenoxy) is 1. The van der Waals surface area contributed by atoms with Gasteiger partial charge in [-0.3, -0.25) is 0 Å². The van der Waals surface area contributed by atoms with Gasteiger partial charge in [0.05, 0.1) is 7.11 Å². The molecule has 0 saturated heterocycles. The molecular weight excluding hydrogens is 352 g/mol. The van der Waals surface area contributed by atoms with Gasteiger partial charge < -0.3 is 26.8 Å². The van der Waals surface area contributed by atoms with E-state index < -0.39 is 0 Å². The largest absolute Gasteiger partial charge is 1.00 e. The fourth-order valence-corrected chi connectivity index (χ4v) is 2.60. The van der Waals surface area contributed by atoms with Crippen molar-refractivity contribution in [2.75, 3.05) is 7.11 Å². The van der Waals surface area contributed by atoms with Crippen molar-refractivity contribution in [3.8, 4) is 11.5 Å². The Morgan fingerprint density at radius 2 is 2.14 bits per heavy atom. The molecule has 4 nitrogen and oxygen atoms in total. The van der Waals surface area contributed by atoms with Crippen LogP contribution >= 0.6 is 11.3 Å². The van der Waals surface area contributed by atoms with Crippen LogP contribution in [0.25, 0.3) is 12.2 Å².